The van der Waals surface area contributed by atoms with Crippen LogP contribution in [0.2, 0.25) is 0 Å². The molecule has 0 spiro atoms. The molecule has 3 nitrogen and oxygen atoms in total. The minimum Gasteiger partial charge on any atom is -0.248 e. The fourth-order valence-corrected chi connectivity index (χ4v) is 7.71. The first-order valence-corrected chi connectivity index (χ1v) is 18.7. The van der Waals surface area contributed by atoms with Crippen LogP contribution in [0.15, 0.2) is 212 Å². The Morgan fingerprint density at radius 1 is 0.327 bits per heavy atom. The van der Waals surface area contributed by atoms with Crippen LogP contribution >= 0.6 is 0 Å². The average Bonchev–Trinajstić information content (AvgIpc) is 3.68. The maximum Gasteiger partial charge on any atom is 0.101 e. The summed E-state index contributed by atoms with van der Waals surface area (Å²) in [6.45, 7) is 0. The van der Waals surface area contributed by atoms with E-state index in [1.807, 2.05) is 12.1 Å². The number of aromatic nitrogens is 3. The van der Waals surface area contributed by atoms with Crippen molar-refractivity contribution < 1.29 is 0 Å². The molecular formula is C52H35N3. The van der Waals surface area contributed by atoms with Gasteiger partial charge in [-0.2, -0.15) is 5.10 Å². The third-order valence-corrected chi connectivity index (χ3v) is 10.4. The van der Waals surface area contributed by atoms with E-state index >= 15 is 0 Å². The monoisotopic (exact) mass is 701 g/mol. The van der Waals surface area contributed by atoms with Crippen molar-refractivity contribution in [3.8, 4) is 78.4 Å². The molecule has 10 rings (SSSR count). The van der Waals surface area contributed by atoms with Gasteiger partial charge in [0.2, 0.25) is 0 Å². The summed E-state index contributed by atoms with van der Waals surface area (Å²) < 4.78 is 2.15. The third-order valence-electron chi connectivity index (χ3n) is 10.4. The molecule has 0 aliphatic rings. The molecule has 3 heterocycles. The zero-order valence-corrected chi connectivity index (χ0v) is 30.0. The molecule has 0 aliphatic heterocycles. The summed E-state index contributed by atoms with van der Waals surface area (Å²) in [4.78, 5) is 5.12. The van der Waals surface area contributed by atoms with Crippen LogP contribution in [0.25, 0.3) is 94.7 Å². The molecule has 0 radical (unpaired) electrons. The van der Waals surface area contributed by atoms with Crippen molar-refractivity contribution in [3.05, 3.63) is 212 Å². The van der Waals surface area contributed by atoms with Crippen LogP contribution in [0.1, 0.15) is 0 Å². The van der Waals surface area contributed by atoms with Crippen LogP contribution in [-0.2, 0) is 0 Å². The predicted octanol–water partition coefficient (Wildman–Crippen LogP) is 13.6. The zero-order valence-electron chi connectivity index (χ0n) is 30.0. The normalized spacial score (nSPS) is 11.3. The van der Waals surface area contributed by atoms with E-state index in [0.717, 1.165) is 94.7 Å². The average molecular weight is 702 g/mol. The first-order chi connectivity index (χ1) is 27.3. The van der Waals surface area contributed by atoms with Crippen molar-refractivity contribution in [2.75, 3.05) is 0 Å². The van der Waals surface area contributed by atoms with Crippen LogP contribution in [0, 0.1) is 0 Å². The Morgan fingerprint density at radius 2 is 0.800 bits per heavy atom. The standard InChI is InChI=1S/C52H35N3/c1-6-17-36(18-7-1)47-33-44(34-48(53-47)37-19-8-2-9-20-37)42-28-16-27-41(31-42)43-29-30-46-45(32-43)35-49(38-21-10-3-11-22-38)55-52(46)50(39-23-12-4-13-24-39)51(54-55)40-25-14-5-15-26-40/h1-35H. The Kier molecular flexibility index (Phi) is 8.16. The summed E-state index contributed by atoms with van der Waals surface area (Å²) in [7, 11) is 0. The van der Waals surface area contributed by atoms with Gasteiger partial charge in [-0.1, -0.05) is 182 Å². The minimum atomic E-state index is 0.954. The molecule has 0 amide bonds. The van der Waals surface area contributed by atoms with E-state index < -0.39 is 0 Å². The number of fused-ring (bicyclic) bond motifs is 3. The summed E-state index contributed by atoms with van der Waals surface area (Å²) in [5.74, 6) is 0. The lowest BCUT2D eigenvalue weighted by Gasteiger charge is -2.13. The van der Waals surface area contributed by atoms with Gasteiger partial charge in [0.25, 0.3) is 0 Å². The number of rotatable bonds is 7. The molecule has 3 aromatic heterocycles. The van der Waals surface area contributed by atoms with Gasteiger partial charge in [0, 0.05) is 33.2 Å². The van der Waals surface area contributed by atoms with Gasteiger partial charge in [-0.25, -0.2) is 9.50 Å². The molecule has 0 atom stereocenters. The third kappa shape index (κ3) is 6.08. The van der Waals surface area contributed by atoms with Crippen LogP contribution in [0.4, 0.5) is 0 Å². The van der Waals surface area contributed by atoms with Crippen LogP contribution in [0.3, 0.4) is 0 Å². The molecule has 0 N–H and O–H groups in total. The maximum absolute atomic E-state index is 5.38. The lowest BCUT2D eigenvalue weighted by molar-refractivity contribution is 0.979. The van der Waals surface area contributed by atoms with Gasteiger partial charge in [-0.3, -0.25) is 0 Å². The van der Waals surface area contributed by atoms with Crippen molar-refractivity contribution in [2.45, 2.75) is 0 Å². The summed E-state index contributed by atoms with van der Waals surface area (Å²) in [6, 6.07) is 75.1. The molecule has 7 aromatic carbocycles. The fraction of sp³-hybridized carbons (Fsp3) is 0. The molecule has 0 saturated heterocycles. The molecule has 55 heavy (non-hydrogen) atoms. The van der Waals surface area contributed by atoms with Crippen molar-refractivity contribution in [3.63, 3.8) is 0 Å². The highest BCUT2D eigenvalue weighted by atomic mass is 15.2. The molecule has 0 bridgehead atoms. The topological polar surface area (TPSA) is 30.2 Å². The van der Waals surface area contributed by atoms with Gasteiger partial charge in [-0.15, -0.1) is 0 Å². The van der Waals surface area contributed by atoms with Crippen LogP contribution in [-0.4, -0.2) is 14.6 Å². The first kappa shape index (κ1) is 32.3. The van der Waals surface area contributed by atoms with Crippen LogP contribution in [0.5, 0.6) is 0 Å². The summed E-state index contributed by atoms with van der Waals surface area (Å²) in [6.07, 6.45) is 0. The van der Waals surface area contributed by atoms with Gasteiger partial charge in [0.15, 0.2) is 0 Å². The predicted molar refractivity (Wildman–Crippen MR) is 229 cm³/mol. The second kappa shape index (κ2) is 13.9. The van der Waals surface area contributed by atoms with Crippen molar-refractivity contribution >= 4 is 16.3 Å². The van der Waals surface area contributed by atoms with Gasteiger partial charge in [0.1, 0.15) is 5.69 Å². The molecule has 0 fully saturated rings. The maximum atomic E-state index is 5.38. The van der Waals surface area contributed by atoms with Crippen molar-refractivity contribution in [1.82, 2.24) is 14.6 Å². The lowest BCUT2D eigenvalue weighted by Crippen LogP contribution is -1.96. The number of hydrogen-bond acceptors (Lipinski definition) is 2. The molecule has 0 unspecified atom stereocenters. The van der Waals surface area contributed by atoms with E-state index in [2.05, 4.69) is 205 Å². The van der Waals surface area contributed by atoms with E-state index in [4.69, 9.17) is 10.1 Å². The Hall–Kier alpha value is -7.36. The van der Waals surface area contributed by atoms with Gasteiger partial charge in [-0.05, 0) is 63.5 Å². The Bertz CT molecular complexity index is 2880. The summed E-state index contributed by atoms with van der Waals surface area (Å²) >= 11 is 0. The van der Waals surface area contributed by atoms with Gasteiger partial charge < -0.3 is 0 Å². The zero-order chi connectivity index (χ0) is 36.6. The van der Waals surface area contributed by atoms with Gasteiger partial charge >= 0.3 is 0 Å². The number of nitrogens with zero attached hydrogens (tertiary/aromatic N) is 3. The minimum absolute atomic E-state index is 0.954. The Morgan fingerprint density at radius 3 is 1.38 bits per heavy atom. The molecule has 3 heteroatoms. The quantitative estimate of drug-likeness (QED) is 0.166. The van der Waals surface area contributed by atoms with E-state index in [9.17, 15) is 0 Å². The smallest absolute Gasteiger partial charge is 0.101 e. The number of hydrogen-bond donors (Lipinski definition) is 0. The van der Waals surface area contributed by atoms with Gasteiger partial charge in [0.05, 0.1) is 22.6 Å². The molecule has 0 aliphatic carbocycles. The van der Waals surface area contributed by atoms with Crippen LogP contribution < -0.4 is 0 Å². The second-order valence-electron chi connectivity index (χ2n) is 13.9. The molecule has 258 valence electrons. The highest BCUT2D eigenvalue weighted by Crippen LogP contribution is 2.42. The SMILES string of the molecule is c1ccc(-c2cc(-c3cccc(-c4ccc5c(c4)cc(-c4ccccc4)n4nc(-c6ccccc6)c(-c6ccccc6)c54)c3)cc(-c3ccccc3)n2)cc1. The fourth-order valence-electron chi connectivity index (χ4n) is 7.71. The molecule has 10 aromatic rings. The van der Waals surface area contributed by atoms with Crippen molar-refractivity contribution in [1.29, 1.82) is 0 Å². The molecule has 0 saturated carbocycles. The number of pyridine rings is 2. The summed E-state index contributed by atoms with van der Waals surface area (Å²) in [5, 5.41) is 7.70. The van der Waals surface area contributed by atoms with E-state index in [0.29, 0.717) is 0 Å². The van der Waals surface area contributed by atoms with Crippen molar-refractivity contribution in [2.24, 2.45) is 0 Å². The second-order valence-corrected chi connectivity index (χ2v) is 13.9. The Labute approximate surface area is 320 Å². The number of benzene rings is 7. The lowest BCUT2D eigenvalue weighted by atomic mass is 9.94. The highest BCUT2D eigenvalue weighted by Gasteiger charge is 2.22. The summed E-state index contributed by atoms with van der Waals surface area (Å²) in [5.41, 5.74) is 16.3. The Balaban J connectivity index is 1.17. The van der Waals surface area contributed by atoms with E-state index in [-0.39, 0.29) is 0 Å². The largest absolute Gasteiger partial charge is 0.248 e. The molecular weight excluding hydrogens is 667 g/mol. The van der Waals surface area contributed by atoms with E-state index in [1.165, 1.54) is 0 Å². The first-order valence-electron chi connectivity index (χ1n) is 18.7. The van der Waals surface area contributed by atoms with E-state index in [1.54, 1.807) is 0 Å². The highest BCUT2D eigenvalue weighted by molar-refractivity contribution is 6.09.